The van der Waals surface area contributed by atoms with E-state index in [1.165, 1.54) is 7.11 Å². The Morgan fingerprint density at radius 1 is 1.12 bits per heavy atom. The quantitative estimate of drug-likeness (QED) is 0.595. The van der Waals surface area contributed by atoms with Gasteiger partial charge in [0.2, 0.25) is 0 Å². The zero-order chi connectivity index (χ0) is 12.3. The summed E-state index contributed by atoms with van der Waals surface area (Å²) in [4.78, 5) is 0. The molecule has 0 amide bonds. The highest BCUT2D eigenvalue weighted by Crippen LogP contribution is 2.18. The number of ether oxygens (including phenoxy) is 2. The fraction of sp³-hybridized carbons (Fsp3) is 0.167. The van der Waals surface area contributed by atoms with E-state index in [9.17, 15) is 10.0 Å². The van der Waals surface area contributed by atoms with E-state index in [1.807, 2.05) is 30.3 Å². The SMILES string of the molecule is COCOc1ccc2ccccc2c1B(O)O. The second-order valence-corrected chi connectivity index (χ2v) is 3.62. The third-order valence-corrected chi connectivity index (χ3v) is 2.52. The molecule has 0 bridgehead atoms. The molecule has 0 aliphatic carbocycles. The maximum atomic E-state index is 9.44. The van der Waals surface area contributed by atoms with Gasteiger partial charge in [0.15, 0.2) is 6.79 Å². The highest BCUT2D eigenvalue weighted by atomic mass is 16.7. The Morgan fingerprint density at radius 3 is 2.59 bits per heavy atom. The molecule has 2 N–H and O–H groups in total. The van der Waals surface area contributed by atoms with Crippen molar-refractivity contribution in [3.8, 4) is 5.75 Å². The third-order valence-electron chi connectivity index (χ3n) is 2.52. The van der Waals surface area contributed by atoms with Crippen molar-refractivity contribution in [2.75, 3.05) is 13.9 Å². The second kappa shape index (κ2) is 5.18. The Bertz CT molecular complexity index is 513. The van der Waals surface area contributed by atoms with Gasteiger partial charge in [-0.2, -0.15) is 0 Å². The first-order valence-electron chi connectivity index (χ1n) is 5.23. The number of benzene rings is 2. The predicted molar refractivity (Wildman–Crippen MR) is 66.3 cm³/mol. The van der Waals surface area contributed by atoms with E-state index in [1.54, 1.807) is 6.07 Å². The predicted octanol–water partition coefficient (Wildman–Crippen LogP) is 0.502. The van der Waals surface area contributed by atoms with Crippen LogP contribution in [-0.2, 0) is 4.74 Å². The molecule has 0 heterocycles. The van der Waals surface area contributed by atoms with Crippen LogP contribution < -0.4 is 10.2 Å². The molecule has 0 fully saturated rings. The topological polar surface area (TPSA) is 58.9 Å². The van der Waals surface area contributed by atoms with Gasteiger partial charge in [0.05, 0.1) is 0 Å². The summed E-state index contributed by atoms with van der Waals surface area (Å²) >= 11 is 0. The van der Waals surface area contributed by atoms with Crippen LogP contribution in [0.5, 0.6) is 5.75 Å². The summed E-state index contributed by atoms with van der Waals surface area (Å²) in [6.45, 7) is 0.0675. The molecule has 5 heteroatoms. The van der Waals surface area contributed by atoms with E-state index in [2.05, 4.69) is 0 Å². The van der Waals surface area contributed by atoms with Crippen LogP contribution in [0.15, 0.2) is 36.4 Å². The van der Waals surface area contributed by atoms with E-state index in [0.29, 0.717) is 11.2 Å². The first kappa shape index (κ1) is 11.9. The molecule has 17 heavy (non-hydrogen) atoms. The normalized spacial score (nSPS) is 10.5. The zero-order valence-corrected chi connectivity index (χ0v) is 9.46. The molecule has 2 aromatic carbocycles. The summed E-state index contributed by atoms with van der Waals surface area (Å²) in [5, 5.41) is 20.6. The summed E-state index contributed by atoms with van der Waals surface area (Å²) in [7, 11) is -0.0660. The highest BCUT2D eigenvalue weighted by Gasteiger charge is 2.20. The van der Waals surface area contributed by atoms with Crippen molar-refractivity contribution in [2.45, 2.75) is 0 Å². The van der Waals surface area contributed by atoms with Crippen LogP contribution in [0.4, 0.5) is 0 Å². The first-order chi connectivity index (χ1) is 8.24. The lowest BCUT2D eigenvalue weighted by atomic mass is 9.76. The van der Waals surface area contributed by atoms with Crippen LogP contribution in [0.1, 0.15) is 0 Å². The number of methoxy groups -OCH3 is 1. The monoisotopic (exact) mass is 232 g/mol. The van der Waals surface area contributed by atoms with Crippen LogP contribution >= 0.6 is 0 Å². The molecule has 2 rings (SSSR count). The molecule has 88 valence electrons. The molecule has 0 saturated heterocycles. The van der Waals surface area contributed by atoms with Gasteiger partial charge in [0.25, 0.3) is 0 Å². The van der Waals surface area contributed by atoms with Gasteiger partial charge in [-0.3, -0.25) is 0 Å². The van der Waals surface area contributed by atoms with E-state index in [-0.39, 0.29) is 6.79 Å². The summed E-state index contributed by atoms with van der Waals surface area (Å²) < 4.78 is 10.1. The lowest BCUT2D eigenvalue weighted by molar-refractivity contribution is 0.0518. The number of hydrogen-bond donors (Lipinski definition) is 2. The van der Waals surface area contributed by atoms with Gasteiger partial charge in [0, 0.05) is 12.6 Å². The standard InChI is InChI=1S/C12H13BO4/c1-16-8-17-11-7-6-9-4-2-3-5-10(9)12(11)13(14)15/h2-7,14-15H,8H2,1H3. The number of rotatable bonds is 4. The van der Waals surface area contributed by atoms with Crippen molar-refractivity contribution in [2.24, 2.45) is 0 Å². The number of hydrogen-bond acceptors (Lipinski definition) is 4. The fourth-order valence-corrected chi connectivity index (χ4v) is 1.79. The highest BCUT2D eigenvalue weighted by molar-refractivity contribution is 6.63. The van der Waals surface area contributed by atoms with Gasteiger partial charge >= 0.3 is 7.12 Å². The summed E-state index contributed by atoms with van der Waals surface area (Å²) in [6.07, 6.45) is 0. The molecule has 0 aromatic heterocycles. The minimum Gasteiger partial charge on any atom is -0.468 e. The van der Waals surface area contributed by atoms with Gasteiger partial charge in [0.1, 0.15) is 5.75 Å². The molecule has 0 saturated carbocycles. The van der Waals surface area contributed by atoms with Crippen LogP contribution in [0.2, 0.25) is 0 Å². The number of fused-ring (bicyclic) bond motifs is 1. The van der Waals surface area contributed by atoms with Crippen LogP contribution in [0, 0.1) is 0 Å². The van der Waals surface area contributed by atoms with E-state index in [0.717, 1.165) is 10.8 Å². The van der Waals surface area contributed by atoms with Crippen LogP contribution in [0.3, 0.4) is 0 Å². The molecule has 0 atom stereocenters. The fourth-order valence-electron chi connectivity index (χ4n) is 1.79. The maximum absolute atomic E-state index is 9.44. The molecule has 0 spiro atoms. The minimum absolute atomic E-state index is 0.0675. The lowest BCUT2D eigenvalue weighted by Crippen LogP contribution is -2.32. The van der Waals surface area contributed by atoms with E-state index in [4.69, 9.17) is 9.47 Å². The van der Waals surface area contributed by atoms with Crippen molar-refractivity contribution in [3.63, 3.8) is 0 Å². The average Bonchev–Trinajstić information content (AvgIpc) is 2.35. The lowest BCUT2D eigenvalue weighted by Gasteiger charge is -2.13. The Hall–Kier alpha value is -1.56. The van der Waals surface area contributed by atoms with Crippen molar-refractivity contribution >= 4 is 23.4 Å². The molecule has 0 aliphatic heterocycles. The Balaban J connectivity index is 2.56. The molecule has 0 aliphatic rings. The van der Waals surface area contributed by atoms with Gasteiger partial charge in [-0.05, 0) is 16.8 Å². The largest absolute Gasteiger partial charge is 0.492 e. The van der Waals surface area contributed by atoms with Gasteiger partial charge in [-0.25, -0.2) is 0 Å². The molecule has 4 nitrogen and oxygen atoms in total. The molecule has 0 unspecified atom stereocenters. The van der Waals surface area contributed by atoms with Gasteiger partial charge in [-0.15, -0.1) is 0 Å². The zero-order valence-electron chi connectivity index (χ0n) is 9.46. The van der Waals surface area contributed by atoms with Crippen LogP contribution in [-0.4, -0.2) is 31.1 Å². The summed E-state index contributed by atoms with van der Waals surface area (Å²) in [6, 6.07) is 11.0. The summed E-state index contributed by atoms with van der Waals surface area (Å²) in [5.41, 5.74) is 0.361. The molecule has 0 radical (unpaired) electrons. The van der Waals surface area contributed by atoms with Crippen molar-refractivity contribution in [1.29, 1.82) is 0 Å². The van der Waals surface area contributed by atoms with Gasteiger partial charge < -0.3 is 19.5 Å². The first-order valence-corrected chi connectivity index (χ1v) is 5.23. The Labute approximate surface area is 99.6 Å². The molecular formula is C12H13BO4. The summed E-state index contributed by atoms with van der Waals surface area (Å²) in [5.74, 6) is 0.417. The Morgan fingerprint density at radius 2 is 1.88 bits per heavy atom. The Kier molecular flexibility index (Phi) is 3.63. The van der Waals surface area contributed by atoms with Crippen molar-refractivity contribution in [3.05, 3.63) is 36.4 Å². The third kappa shape index (κ3) is 2.41. The average molecular weight is 232 g/mol. The smallest absolute Gasteiger partial charge is 0.468 e. The van der Waals surface area contributed by atoms with E-state index >= 15 is 0 Å². The van der Waals surface area contributed by atoms with E-state index < -0.39 is 7.12 Å². The van der Waals surface area contributed by atoms with Crippen LogP contribution in [0.25, 0.3) is 10.8 Å². The molecular weight excluding hydrogens is 219 g/mol. The maximum Gasteiger partial charge on any atom is 0.492 e. The van der Waals surface area contributed by atoms with Crippen molar-refractivity contribution < 1.29 is 19.5 Å². The second-order valence-electron chi connectivity index (χ2n) is 3.62. The minimum atomic E-state index is -1.58. The van der Waals surface area contributed by atoms with Crippen molar-refractivity contribution in [1.82, 2.24) is 0 Å². The van der Waals surface area contributed by atoms with Gasteiger partial charge in [-0.1, -0.05) is 30.3 Å². The molecule has 2 aromatic rings.